The van der Waals surface area contributed by atoms with E-state index in [4.69, 9.17) is 0 Å². The van der Waals surface area contributed by atoms with Crippen LogP contribution in [-0.2, 0) is 0 Å². The summed E-state index contributed by atoms with van der Waals surface area (Å²) in [5.41, 5.74) is 0.717. The third-order valence-corrected chi connectivity index (χ3v) is 5.12. The van der Waals surface area contributed by atoms with Crippen LogP contribution in [0.15, 0.2) is 22.7 Å². The summed E-state index contributed by atoms with van der Waals surface area (Å²) in [6, 6.07) is 5.99. The topological polar surface area (TPSA) is 15.3 Å². The van der Waals surface area contributed by atoms with Gasteiger partial charge in [0.25, 0.3) is 0 Å². The lowest BCUT2D eigenvalue weighted by Gasteiger charge is -2.44. The Morgan fingerprint density at radius 3 is 2.80 bits per heavy atom. The van der Waals surface area contributed by atoms with Crippen LogP contribution in [-0.4, -0.2) is 25.2 Å². The minimum Gasteiger partial charge on any atom is -0.362 e. The van der Waals surface area contributed by atoms with Gasteiger partial charge in [-0.05, 0) is 40.4 Å². The molecule has 1 aliphatic heterocycles. The molecule has 0 saturated carbocycles. The second-order valence-electron chi connectivity index (χ2n) is 5.68. The molecule has 0 aliphatic carbocycles. The lowest BCUT2D eigenvalue weighted by atomic mass is 9.94. The van der Waals surface area contributed by atoms with Gasteiger partial charge in [-0.3, -0.25) is 0 Å². The van der Waals surface area contributed by atoms with Crippen LogP contribution in [0.5, 0.6) is 0 Å². The maximum absolute atomic E-state index is 14.3. The van der Waals surface area contributed by atoms with E-state index in [0.29, 0.717) is 23.7 Å². The van der Waals surface area contributed by atoms with Crippen LogP contribution < -0.4 is 10.2 Å². The van der Waals surface area contributed by atoms with E-state index in [-0.39, 0.29) is 5.82 Å². The Morgan fingerprint density at radius 2 is 2.20 bits per heavy atom. The highest BCUT2D eigenvalue weighted by molar-refractivity contribution is 9.10. The van der Waals surface area contributed by atoms with Gasteiger partial charge in [-0.1, -0.05) is 33.3 Å². The van der Waals surface area contributed by atoms with E-state index < -0.39 is 0 Å². The van der Waals surface area contributed by atoms with Gasteiger partial charge in [0.05, 0.1) is 5.69 Å². The number of nitrogens with zero attached hydrogens (tertiary/aromatic N) is 1. The monoisotopic (exact) mass is 342 g/mol. The summed E-state index contributed by atoms with van der Waals surface area (Å²) in [5, 5.41) is 3.63. The Morgan fingerprint density at radius 1 is 1.45 bits per heavy atom. The Hall–Kier alpha value is -0.610. The summed E-state index contributed by atoms with van der Waals surface area (Å²) in [5.74, 6) is 0.462. The number of hydrogen-bond donors (Lipinski definition) is 1. The molecule has 1 aromatic carbocycles. The molecule has 0 amide bonds. The fourth-order valence-corrected chi connectivity index (χ4v) is 3.46. The number of rotatable bonds is 4. The maximum atomic E-state index is 14.3. The van der Waals surface area contributed by atoms with Gasteiger partial charge in [0, 0.05) is 29.6 Å². The number of benzene rings is 1. The zero-order valence-corrected chi connectivity index (χ0v) is 14.1. The largest absolute Gasteiger partial charge is 0.362 e. The normalized spacial score (nSPS) is 24.8. The van der Waals surface area contributed by atoms with Gasteiger partial charge in [-0.25, -0.2) is 4.39 Å². The van der Waals surface area contributed by atoms with Crippen molar-refractivity contribution < 1.29 is 4.39 Å². The second-order valence-corrected chi connectivity index (χ2v) is 6.54. The molecule has 0 spiro atoms. The van der Waals surface area contributed by atoms with E-state index in [1.54, 1.807) is 12.1 Å². The third kappa shape index (κ3) is 3.17. The van der Waals surface area contributed by atoms with E-state index in [2.05, 4.69) is 46.9 Å². The molecule has 1 N–H and O–H groups in total. The van der Waals surface area contributed by atoms with Crippen molar-refractivity contribution in [3.05, 3.63) is 28.5 Å². The molecule has 0 bridgehead atoms. The van der Waals surface area contributed by atoms with Crippen molar-refractivity contribution >= 4 is 21.6 Å². The van der Waals surface area contributed by atoms with Crippen molar-refractivity contribution in [1.29, 1.82) is 0 Å². The first-order valence-electron chi connectivity index (χ1n) is 7.52. The maximum Gasteiger partial charge on any atom is 0.147 e. The molecule has 3 atom stereocenters. The summed E-state index contributed by atoms with van der Waals surface area (Å²) in [6.07, 6.45) is 2.15. The highest BCUT2D eigenvalue weighted by Gasteiger charge is 2.31. The van der Waals surface area contributed by atoms with Gasteiger partial charge < -0.3 is 10.2 Å². The summed E-state index contributed by atoms with van der Waals surface area (Å²) in [7, 11) is 0. The lowest BCUT2D eigenvalue weighted by molar-refractivity contribution is 0.304. The smallest absolute Gasteiger partial charge is 0.147 e. The standard InChI is InChI=1S/C16H24BrFN2/c1-4-11(3)15-10-20(12(5-2)9-19-15)16-13(17)7-6-8-14(16)18/h6-8,11-12,15,19H,4-5,9-10H2,1-3H3. The number of halogens is 2. The van der Waals surface area contributed by atoms with Crippen molar-refractivity contribution in [1.82, 2.24) is 5.32 Å². The highest BCUT2D eigenvalue weighted by Crippen LogP contribution is 2.33. The zero-order chi connectivity index (χ0) is 14.7. The van der Waals surface area contributed by atoms with Crippen molar-refractivity contribution in [3.8, 4) is 0 Å². The van der Waals surface area contributed by atoms with Crippen LogP contribution in [0.2, 0.25) is 0 Å². The van der Waals surface area contributed by atoms with Crippen LogP contribution >= 0.6 is 15.9 Å². The highest BCUT2D eigenvalue weighted by atomic mass is 79.9. The van der Waals surface area contributed by atoms with Crippen molar-refractivity contribution in [2.75, 3.05) is 18.0 Å². The number of para-hydroxylation sites is 1. The third-order valence-electron chi connectivity index (χ3n) is 4.48. The molecule has 1 heterocycles. The first kappa shape index (κ1) is 15.8. The van der Waals surface area contributed by atoms with E-state index in [9.17, 15) is 4.39 Å². The van der Waals surface area contributed by atoms with Crippen LogP contribution in [0.4, 0.5) is 10.1 Å². The lowest BCUT2D eigenvalue weighted by Crippen LogP contribution is -2.58. The molecule has 1 fully saturated rings. The van der Waals surface area contributed by atoms with E-state index in [1.807, 2.05) is 6.07 Å². The Bertz CT molecular complexity index is 432. The number of hydrogen-bond acceptors (Lipinski definition) is 2. The van der Waals surface area contributed by atoms with Gasteiger partial charge >= 0.3 is 0 Å². The molecular formula is C16H24BrFN2. The summed E-state index contributed by atoms with van der Waals surface area (Å²) in [4.78, 5) is 2.24. The van der Waals surface area contributed by atoms with Gasteiger partial charge in [-0.15, -0.1) is 0 Å². The van der Waals surface area contributed by atoms with Gasteiger partial charge in [0.1, 0.15) is 5.82 Å². The molecular weight excluding hydrogens is 319 g/mol. The molecule has 0 aromatic heterocycles. The predicted octanol–water partition coefficient (Wildman–Crippen LogP) is 4.19. The van der Waals surface area contributed by atoms with Crippen molar-refractivity contribution in [3.63, 3.8) is 0 Å². The first-order valence-corrected chi connectivity index (χ1v) is 8.31. The summed E-state index contributed by atoms with van der Waals surface area (Å²) >= 11 is 3.51. The molecule has 4 heteroatoms. The average Bonchev–Trinajstić information content (AvgIpc) is 2.46. The van der Waals surface area contributed by atoms with Crippen molar-refractivity contribution in [2.24, 2.45) is 5.92 Å². The minimum atomic E-state index is -0.136. The second kappa shape index (κ2) is 6.90. The average molecular weight is 343 g/mol. The molecule has 1 aliphatic rings. The number of nitrogens with one attached hydrogen (secondary N) is 1. The molecule has 20 heavy (non-hydrogen) atoms. The Labute approximate surface area is 129 Å². The Kier molecular flexibility index (Phi) is 5.44. The first-order chi connectivity index (χ1) is 9.58. The molecule has 2 nitrogen and oxygen atoms in total. The summed E-state index contributed by atoms with van der Waals surface area (Å²) < 4.78 is 15.1. The number of anilines is 1. The SMILES string of the molecule is CCC(C)C1CN(c2c(F)cccc2Br)C(CC)CN1. The minimum absolute atomic E-state index is 0.136. The van der Waals surface area contributed by atoms with E-state index in [0.717, 1.165) is 30.4 Å². The fraction of sp³-hybridized carbons (Fsp3) is 0.625. The number of piperazine rings is 1. The van der Waals surface area contributed by atoms with Crippen LogP contribution in [0.3, 0.4) is 0 Å². The van der Waals surface area contributed by atoms with Crippen LogP contribution in [0.25, 0.3) is 0 Å². The quantitative estimate of drug-likeness (QED) is 0.882. The molecule has 1 aromatic rings. The van der Waals surface area contributed by atoms with Gasteiger partial charge in [-0.2, -0.15) is 0 Å². The fourth-order valence-electron chi connectivity index (χ4n) is 2.89. The molecule has 112 valence electrons. The van der Waals surface area contributed by atoms with Crippen molar-refractivity contribution in [2.45, 2.75) is 45.7 Å². The van der Waals surface area contributed by atoms with Gasteiger partial charge in [0.15, 0.2) is 0 Å². The van der Waals surface area contributed by atoms with Crippen LogP contribution in [0, 0.1) is 11.7 Å². The van der Waals surface area contributed by atoms with E-state index >= 15 is 0 Å². The Balaban J connectivity index is 2.29. The molecule has 2 rings (SSSR count). The molecule has 0 radical (unpaired) electrons. The summed E-state index contributed by atoms with van der Waals surface area (Å²) in [6.45, 7) is 8.43. The molecule has 3 unspecified atom stereocenters. The molecule has 1 saturated heterocycles. The zero-order valence-electron chi connectivity index (χ0n) is 12.5. The predicted molar refractivity (Wildman–Crippen MR) is 86.8 cm³/mol. The van der Waals surface area contributed by atoms with Crippen LogP contribution in [0.1, 0.15) is 33.6 Å². The van der Waals surface area contributed by atoms with Gasteiger partial charge in [0.2, 0.25) is 0 Å². The van der Waals surface area contributed by atoms with E-state index in [1.165, 1.54) is 0 Å².